The minimum absolute atomic E-state index is 0.0527. The van der Waals surface area contributed by atoms with E-state index in [0.717, 1.165) is 25.1 Å². The molecule has 1 N–H and O–H groups in total. The first-order valence-electron chi connectivity index (χ1n) is 6.19. The Morgan fingerprint density at radius 3 is 3.06 bits per heavy atom. The number of Topliss-reactive ketones (excluding diaryl/α,β-unsaturated/α-hetero) is 1. The van der Waals surface area contributed by atoms with Gasteiger partial charge in [0.25, 0.3) is 0 Å². The van der Waals surface area contributed by atoms with Gasteiger partial charge in [0, 0.05) is 18.0 Å². The summed E-state index contributed by atoms with van der Waals surface area (Å²) in [7, 11) is 1.70. The maximum absolute atomic E-state index is 12.3. The molecule has 0 aromatic rings. The zero-order valence-electron chi connectivity index (χ0n) is 10.2. The summed E-state index contributed by atoms with van der Waals surface area (Å²) in [5.41, 5.74) is 3.61. The van der Waals surface area contributed by atoms with Gasteiger partial charge in [-0.15, -0.1) is 0 Å². The van der Waals surface area contributed by atoms with E-state index in [1.807, 2.05) is 6.92 Å². The van der Waals surface area contributed by atoms with Crippen molar-refractivity contribution in [3.63, 3.8) is 0 Å². The molecule has 0 spiro atoms. The zero-order valence-corrected chi connectivity index (χ0v) is 10.2. The van der Waals surface area contributed by atoms with Crippen LogP contribution in [0.15, 0.2) is 34.6 Å². The predicted octanol–water partition coefficient (Wildman–Crippen LogP) is 1.72. The highest BCUT2D eigenvalue weighted by Crippen LogP contribution is 2.42. The highest BCUT2D eigenvalue weighted by Gasteiger charge is 2.38. The van der Waals surface area contributed by atoms with Gasteiger partial charge in [0.05, 0.1) is 13.2 Å². The van der Waals surface area contributed by atoms with E-state index in [2.05, 4.69) is 17.5 Å². The van der Waals surface area contributed by atoms with Crippen molar-refractivity contribution in [2.24, 2.45) is 5.92 Å². The van der Waals surface area contributed by atoms with E-state index in [-0.39, 0.29) is 12.0 Å². The number of nitrogens with one attached hydrogen (secondary N) is 1. The van der Waals surface area contributed by atoms with E-state index in [0.29, 0.717) is 5.78 Å². The van der Waals surface area contributed by atoms with Gasteiger partial charge in [0.15, 0.2) is 5.78 Å². The molecule has 90 valence electrons. The Kier molecular flexibility index (Phi) is 2.44. The van der Waals surface area contributed by atoms with Crippen molar-refractivity contribution < 1.29 is 9.53 Å². The maximum atomic E-state index is 12.3. The van der Waals surface area contributed by atoms with Gasteiger partial charge in [0.1, 0.15) is 5.76 Å². The lowest BCUT2D eigenvalue weighted by atomic mass is 9.80. The number of carbonyl (C=O) groups is 1. The van der Waals surface area contributed by atoms with Crippen molar-refractivity contribution in [3.05, 3.63) is 34.6 Å². The van der Waals surface area contributed by atoms with Crippen molar-refractivity contribution in [3.8, 4) is 0 Å². The standard InChI is InChI=1S/C14H17NO2/c1-8-14(16)10-5-3-4-9-6-12(17-2)11(7-15-8)13(9)10/h4,6,8,10,15H,3,5,7H2,1-2H3/t8-,10+/m0/s1. The van der Waals surface area contributed by atoms with E-state index in [1.165, 1.54) is 16.7 Å². The van der Waals surface area contributed by atoms with Crippen molar-refractivity contribution in [1.29, 1.82) is 0 Å². The monoisotopic (exact) mass is 231 g/mol. The highest BCUT2D eigenvalue weighted by atomic mass is 16.5. The number of methoxy groups -OCH3 is 1. The Morgan fingerprint density at radius 2 is 2.29 bits per heavy atom. The number of rotatable bonds is 1. The van der Waals surface area contributed by atoms with Gasteiger partial charge in [0.2, 0.25) is 0 Å². The SMILES string of the molecule is COC1=CC2=CCC[C@H]3C(=O)[C@H](C)NCC1=C23. The topological polar surface area (TPSA) is 38.3 Å². The summed E-state index contributed by atoms with van der Waals surface area (Å²) < 4.78 is 5.43. The molecule has 2 aliphatic carbocycles. The summed E-state index contributed by atoms with van der Waals surface area (Å²) in [5.74, 6) is 1.32. The molecule has 3 heteroatoms. The van der Waals surface area contributed by atoms with Crippen LogP contribution in [-0.2, 0) is 9.53 Å². The van der Waals surface area contributed by atoms with E-state index in [1.54, 1.807) is 7.11 Å². The maximum Gasteiger partial charge on any atom is 0.156 e. The minimum Gasteiger partial charge on any atom is -0.496 e. The zero-order chi connectivity index (χ0) is 12.0. The van der Waals surface area contributed by atoms with Crippen LogP contribution in [0.4, 0.5) is 0 Å². The van der Waals surface area contributed by atoms with Gasteiger partial charge in [-0.2, -0.15) is 0 Å². The van der Waals surface area contributed by atoms with Crippen LogP contribution < -0.4 is 5.32 Å². The van der Waals surface area contributed by atoms with E-state index in [4.69, 9.17) is 4.74 Å². The Balaban J connectivity index is 2.11. The molecule has 17 heavy (non-hydrogen) atoms. The quantitative estimate of drug-likeness (QED) is 0.747. The second-order valence-corrected chi connectivity index (χ2v) is 4.90. The lowest BCUT2D eigenvalue weighted by molar-refractivity contribution is -0.123. The van der Waals surface area contributed by atoms with Gasteiger partial charge in [-0.25, -0.2) is 0 Å². The molecule has 1 heterocycles. The van der Waals surface area contributed by atoms with Crippen LogP contribution in [0.1, 0.15) is 19.8 Å². The molecule has 0 bridgehead atoms. The molecular formula is C14H17NO2. The second-order valence-electron chi connectivity index (χ2n) is 4.90. The third-order valence-electron chi connectivity index (χ3n) is 3.96. The number of ketones is 1. The van der Waals surface area contributed by atoms with Gasteiger partial charge < -0.3 is 10.1 Å². The van der Waals surface area contributed by atoms with E-state index in [9.17, 15) is 4.79 Å². The average Bonchev–Trinajstić information content (AvgIpc) is 2.66. The average molecular weight is 231 g/mol. The first-order valence-corrected chi connectivity index (χ1v) is 6.19. The summed E-state index contributed by atoms with van der Waals surface area (Å²) in [6.45, 7) is 2.69. The number of carbonyl (C=O) groups excluding carboxylic acids is 1. The number of hydrogen-bond acceptors (Lipinski definition) is 3. The number of allylic oxidation sites excluding steroid dienone is 4. The van der Waals surface area contributed by atoms with E-state index >= 15 is 0 Å². The molecule has 0 saturated carbocycles. The molecule has 0 radical (unpaired) electrons. The van der Waals surface area contributed by atoms with Gasteiger partial charge in [-0.3, -0.25) is 4.79 Å². The van der Waals surface area contributed by atoms with E-state index < -0.39 is 0 Å². The smallest absolute Gasteiger partial charge is 0.156 e. The molecule has 1 aliphatic heterocycles. The lowest BCUT2D eigenvalue weighted by Crippen LogP contribution is -2.37. The largest absolute Gasteiger partial charge is 0.496 e. The molecule has 0 amide bonds. The van der Waals surface area contributed by atoms with Gasteiger partial charge in [-0.1, -0.05) is 6.08 Å². The summed E-state index contributed by atoms with van der Waals surface area (Å²) in [5, 5.41) is 3.29. The van der Waals surface area contributed by atoms with Crippen molar-refractivity contribution in [2.75, 3.05) is 13.7 Å². The van der Waals surface area contributed by atoms with Crippen molar-refractivity contribution >= 4 is 5.78 Å². The van der Waals surface area contributed by atoms with Crippen LogP contribution in [0.5, 0.6) is 0 Å². The fourth-order valence-electron chi connectivity index (χ4n) is 3.05. The molecule has 0 aromatic heterocycles. The van der Waals surface area contributed by atoms with Crippen LogP contribution in [0.2, 0.25) is 0 Å². The second kappa shape index (κ2) is 3.84. The summed E-state index contributed by atoms with van der Waals surface area (Å²) in [6, 6.07) is -0.0527. The Morgan fingerprint density at radius 1 is 1.47 bits per heavy atom. The third kappa shape index (κ3) is 1.49. The molecule has 3 aliphatic rings. The molecule has 3 nitrogen and oxygen atoms in total. The number of ether oxygens (including phenoxy) is 1. The molecule has 0 saturated heterocycles. The summed E-state index contributed by atoms with van der Waals surface area (Å²) in [4.78, 5) is 12.3. The van der Waals surface area contributed by atoms with Crippen LogP contribution >= 0.6 is 0 Å². The highest BCUT2D eigenvalue weighted by molar-refractivity contribution is 5.91. The van der Waals surface area contributed by atoms with Crippen molar-refractivity contribution in [2.45, 2.75) is 25.8 Å². The van der Waals surface area contributed by atoms with Crippen LogP contribution in [0.25, 0.3) is 0 Å². The fraction of sp³-hybridized carbons (Fsp3) is 0.500. The molecular weight excluding hydrogens is 214 g/mol. The molecule has 0 fully saturated rings. The molecule has 0 unspecified atom stereocenters. The first kappa shape index (κ1) is 10.8. The minimum atomic E-state index is -0.0527. The third-order valence-corrected chi connectivity index (χ3v) is 3.96. The summed E-state index contributed by atoms with van der Waals surface area (Å²) in [6.07, 6.45) is 6.23. The van der Waals surface area contributed by atoms with Crippen LogP contribution in [-0.4, -0.2) is 25.5 Å². The Hall–Kier alpha value is -1.35. The van der Waals surface area contributed by atoms with Gasteiger partial charge >= 0.3 is 0 Å². The summed E-state index contributed by atoms with van der Waals surface area (Å²) >= 11 is 0. The molecule has 3 rings (SSSR count). The first-order chi connectivity index (χ1) is 8.22. The van der Waals surface area contributed by atoms with Crippen LogP contribution in [0, 0.1) is 5.92 Å². The van der Waals surface area contributed by atoms with Crippen molar-refractivity contribution in [1.82, 2.24) is 5.32 Å². The molecule has 2 atom stereocenters. The normalized spacial score (nSPS) is 31.8. The Bertz CT molecular complexity index is 471. The fourth-order valence-corrected chi connectivity index (χ4v) is 3.05. The number of hydrogen-bond donors (Lipinski definition) is 1. The molecule has 0 aromatic carbocycles. The Labute approximate surface area is 101 Å². The predicted molar refractivity (Wildman–Crippen MR) is 65.4 cm³/mol. The van der Waals surface area contributed by atoms with Gasteiger partial charge in [-0.05, 0) is 37.0 Å². The van der Waals surface area contributed by atoms with Crippen LogP contribution in [0.3, 0.4) is 0 Å². The lowest BCUT2D eigenvalue weighted by Gasteiger charge is -2.23.